The van der Waals surface area contributed by atoms with E-state index in [2.05, 4.69) is 4.98 Å². The Labute approximate surface area is 175 Å². The number of pyridine rings is 1. The van der Waals surface area contributed by atoms with Gasteiger partial charge in [0.1, 0.15) is 0 Å². The lowest BCUT2D eigenvalue weighted by molar-refractivity contribution is -0.145. The van der Waals surface area contributed by atoms with Gasteiger partial charge in [-0.05, 0) is 39.5 Å². The van der Waals surface area contributed by atoms with Crippen molar-refractivity contribution in [3.05, 3.63) is 17.5 Å². The van der Waals surface area contributed by atoms with Crippen molar-refractivity contribution in [2.24, 2.45) is 0 Å². The fourth-order valence-electron chi connectivity index (χ4n) is 3.44. The van der Waals surface area contributed by atoms with Gasteiger partial charge in [-0.15, -0.1) is 0 Å². The zero-order chi connectivity index (χ0) is 21.6. The number of methoxy groups -OCH3 is 1. The fourth-order valence-corrected chi connectivity index (χ4v) is 3.44. The Bertz CT molecular complexity index is 644. The minimum absolute atomic E-state index is 0.0315. The summed E-state index contributed by atoms with van der Waals surface area (Å²) in [6.45, 7) is 6.66. The van der Waals surface area contributed by atoms with Crippen molar-refractivity contribution in [2.75, 3.05) is 7.11 Å². The molecule has 1 aromatic heterocycles. The molecular formula is C23H37NO5. The van der Waals surface area contributed by atoms with Gasteiger partial charge in [0.25, 0.3) is 0 Å². The van der Waals surface area contributed by atoms with Crippen LogP contribution in [0.2, 0.25) is 0 Å². The number of carbonyl (C=O) groups is 2. The summed E-state index contributed by atoms with van der Waals surface area (Å²) in [5.41, 5.74) is 1.67. The van der Waals surface area contributed by atoms with Crippen molar-refractivity contribution in [1.82, 2.24) is 4.98 Å². The van der Waals surface area contributed by atoms with E-state index in [-0.39, 0.29) is 18.0 Å². The van der Waals surface area contributed by atoms with Crippen molar-refractivity contribution in [1.29, 1.82) is 0 Å². The van der Waals surface area contributed by atoms with E-state index in [4.69, 9.17) is 14.2 Å². The molecule has 0 radical (unpaired) electrons. The van der Waals surface area contributed by atoms with Crippen molar-refractivity contribution in [2.45, 2.75) is 98.0 Å². The molecule has 0 aliphatic heterocycles. The Kier molecular flexibility index (Phi) is 12.0. The van der Waals surface area contributed by atoms with Gasteiger partial charge in [0.05, 0.1) is 18.9 Å². The number of aryl methyl sites for hydroxylation is 2. The molecule has 6 heteroatoms. The van der Waals surface area contributed by atoms with Crippen LogP contribution in [-0.4, -0.2) is 30.1 Å². The van der Waals surface area contributed by atoms with Gasteiger partial charge in [-0.2, -0.15) is 0 Å². The van der Waals surface area contributed by atoms with Crippen LogP contribution in [0.5, 0.6) is 11.5 Å². The summed E-state index contributed by atoms with van der Waals surface area (Å²) in [7, 11) is 1.55. The Morgan fingerprint density at radius 2 is 1.55 bits per heavy atom. The standard InChI is InChI=1S/C23H37NO5/c1-17(28-19(3)25)14-12-10-8-6-7-9-11-13-15-21-16-22(29-20(4)26)23(27-5)18(2)24-21/h16-17H,6-15H2,1-5H3/t17-/m0/s1. The highest BCUT2D eigenvalue weighted by Gasteiger charge is 2.13. The zero-order valence-corrected chi connectivity index (χ0v) is 18.7. The van der Waals surface area contributed by atoms with E-state index in [1.54, 1.807) is 7.11 Å². The number of aromatic nitrogens is 1. The van der Waals surface area contributed by atoms with Crippen LogP contribution >= 0.6 is 0 Å². The van der Waals surface area contributed by atoms with E-state index in [1.165, 1.54) is 52.4 Å². The fraction of sp³-hybridized carbons (Fsp3) is 0.696. The predicted molar refractivity (Wildman–Crippen MR) is 113 cm³/mol. The molecule has 0 bridgehead atoms. The normalized spacial score (nSPS) is 11.8. The van der Waals surface area contributed by atoms with Crippen LogP contribution in [0.25, 0.3) is 0 Å². The largest absolute Gasteiger partial charge is 0.491 e. The molecule has 1 atom stereocenters. The number of esters is 2. The summed E-state index contributed by atoms with van der Waals surface area (Å²) in [5, 5.41) is 0. The van der Waals surface area contributed by atoms with E-state index >= 15 is 0 Å². The van der Waals surface area contributed by atoms with E-state index < -0.39 is 0 Å². The molecule has 29 heavy (non-hydrogen) atoms. The number of hydrogen-bond acceptors (Lipinski definition) is 6. The van der Waals surface area contributed by atoms with Crippen LogP contribution in [0, 0.1) is 6.92 Å². The van der Waals surface area contributed by atoms with Gasteiger partial charge in [-0.1, -0.05) is 38.5 Å². The molecule has 0 aliphatic rings. The molecule has 0 N–H and O–H groups in total. The third kappa shape index (κ3) is 10.9. The highest BCUT2D eigenvalue weighted by Crippen LogP contribution is 2.31. The smallest absolute Gasteiger partial charge is 0.308 e. The highest BCUT2D eigenvalue weighted by molar-refractivity contribution is 5.70. The van der Waals surface area contributed by atoms with Crippen molar-refractivity contribution in [3.63, 3.8) is 0 Å². The van der Waals surface area contributed by atoms with Gasteiger partial charge in [-0.25, -0.2) is 0 Å². The predicted octanol–water partition coefficient (Wildman–Crippen LogP) is 5.33. The minimum Gasteiger partial charge on any atom is -0.491 e. The van der Waals surface area contributed by atoms with Gasteiger partial charge in [0, 0.05) is 25.6 Å². The summed E-state index contributed by atoms with van der Waals surface area (Å²) in [4.78, 5) is 26.7. The lowest BCUT2D eigenvalue weighted by Gasteiger charge is -2.12. The van der Waals surface area contributed by atoms with Crippen molar-refractivity contribution >= 4 is 11.9 Å². The first-order valence-corrected chi connectivity index (χ1v) is 10.7. The van der Waals surface area contributed by atoms with Crippen LogP contribution in [0.3, 0.4) is 0 Å². The van der Waals surface area contributed by atoms with Gasteiger partial charge < -0.3 is 14.2 Å². The van der Waals surface area contributed by atoms with E-state index in [1.807, 2.05) is 19.9 Å². The molecule has 1 aromatic rings. The second-order valence-electron chi connectivity index (χ2n) is 7.61. The average molecular weight is 408 g/mol. The summed E-state index contributed by atoms with van der Waals surface area (Å²) in [5.74, 6) is 0.414. The molecule has 0 saturated carbocycles. The van der Waals surface area contributed by atoms with Gasteiger partial charge in [0.2, 0.25) is 0 Å². The van der Waals surface area contributed by atoms with Gasteiger partial charge in [0.15, 0.2) is 11.5 Å². The first-order valence-electron chi connectivity index (χ1n) is 10.7. The second-order valence-corrected chi connectivity index (χ2v) is 7.61. The van der Waals surface area contributed by atoms with E-state index in [0.717, 1.165) is 37.1 Å². The van der Waals surface area contributed by atoms with Crippen LogP contribution in [0.4, 0.5) is 0 Å². The SMILES string of the molecule is COc1c(OC(C)=O)cc(CCCCCCCCCC[C@H](C)OC(C)=O)nc1C. The molecule has 0 aromatic carbocycles. The second kappa shape index (κ2) is 14.0. The number of hydrogen-bond donors (Lipinski definition) is 0. The molecule has 0 fully saturated rings. The topological polar surface area (TPSA) is 74.7 Å². The molecule has 0 unspecified atom stereocenters. The number of rotatable bonds is 14. The van der Waals surface area contributed by atoms with Crippen LogP contribution in [0.1, 0.15) is 89.9 Å². The number of carbonyl (C=O) groups excluding carboxylic acids is 2. The molecule has 1 rings (SSSR count). The summed E-state index contributed by atoms with van der Waals surface area (Å²) in [6, 6.07) is 1.81. The highest BCUT2D eigenvalue weighted by atomic mass is 16.6. The quantitative estimate of drug-likeness (QED) is 0.306. The third-order valence-electron chi connectivity index (χ3n) is 4.78. The maximum absolute atomic E-state index is 11.3. The third-order valence-corrected chi connectivity index (χ3v) is 4.78. The monoisotopic (exact) mass is 407 g/mol. The maximum Gasteiger partial charge on any atom is 0.308 e. The Morgan fingerprint density at radius 1 is 0.966 bits per heavy atom. The van der Waals surface area contributed by atoms with Crippen LogP contribution in [-0.2, 0) is 20.7 Å². The molecular weight excluding hydrogens is 370 g/mol. The molecule has 0 spiro atoms. The molecule has 1 heterocycles. The van der Waals surface area contributed by atoms with Crippen molar-refractivity contribution < 1.29 is 23.8 Å². The van der Waals surface area contributed by atoms with Gasteiger partial charge in [-0.3, -0.25) is 14.6 Å². The maximum atomic E-state index is 11.3. The molecule has 0 amide bonds. The summed E-state index contributed by atoms with van der Waals surface area (Å²) < 4.78 is 15.7. The Balaban J connectivity index is 2.18. The number of nitrogens with zero attached hydrogens (tertiary/aromatic N) is 1. The minimum atomic E-state index is -0.360. The zero-order valence-electron chi connectivity index (χ0n) is 18.7. The molecule has 0 saturated heterocycles. The lowest BCUT2D eigenvalue weighted by atomic mass is 10.0. The Morgan fingerprint density at radius 3 is 2.10 bits per heavy atom. The summed E-state index contributed by atoms with van der Waals surface area (Å²) in [6.07, 6.45) is 11.3. The first kappa shape index (κ1) is 24.9. The molecule has 164 valence electrons. The molecule has 0 aliphatic carbocycles. The number of unbranched alkanes of at least 4 members (excludes halogenated alkanes) is 7. The van der Waals surface area contributed by atoms with E-state index in [9.17, 15) is 9.59 Å². The van der Waals surface area contributed by atoms with E-state index in [0.29, 0.717) is 11.5 Å². The Hall–Kier alpha value is -2.11. The lowest BCUT2D eigenvalue weighted by Crippen LogP contribution is -2.11. The average Bonchev–Trinajstić information content (AvgIpc) is 2.62. The van der Waals surface area contributed by atoms with Crippen LogP contribution in [0.15, 0.2) is 6.07 Å². The van der Waals surface area contributed by atoms with Crippen LogP contribution < -0.4 is 9.47 Å². The molecule has 6 nitrogen and oxygen atoms in total. The number of ether oxygens (including phenoxy) is 3. The first-order chi connectivity index (χ1) is 13.8. The summed E-state index contributed by atoms with van der Waals surface area (Å²) >= 11 is 0. The van der Waals surface area contributed by atoms with Crippen molar-refractivity contribution in [3.8, 4) is 11.5 Å². The van der Waals surface area contributed by atoms with Gasteiger partial charge >= 0.3 is 11.9 Å².